The summed E-state index contributed by atoms with van der Waals surface area (Å²) in [5, 5.41) is 20.1. The molecule has 0 fully saturated rings. The predicted octanol–water partition coefficient (Wildman–Crippen LogP) is 3.81. The number of urea groups is 1. The number of thiophene rings is 1. The molecule has 33 heavy (non-hydrogen) atoms. The van der Waals surface area contributed by atoms with Gasteiger partial charge in [0.15, 0.2) is 0 Å². The maximum absolute atomic E-state index is 12.8. The van der Waals surface area contributed by atoms with Gasteiger partial charge in [0.25, 0.3) is 0 Å². The molecule has 3 heterocycles. The SMILES string of the molecule is CCOC(=O)C1=C(CSc2nnnn2-c2ccc(C(C)C)cc2)NC(=O)NC1c1cccs1. The van der Waals surface area contributed by atoms with E-state index >= 15 is 0 Å². The second-order valence-electron chi connectivity index (χ2n) is 7.57. The zero-order valence-corrected chi connectivity index (χ0v) is 20.1. The van der Waals surface area contributed by atoms with Crippen molar-refractivity contribution in [3.63, 3.8) is 0 Å². The summed E-state index contributed by atoms with van der Waals surface area (Å²) in [5.74, 6) is 0.242. The summed E-state index contributed by atoms with van der Waals surface area (Å²) in [6, 6.07) is 10.9. The van der Waals surface area contributed by atoms with E-state index in [0.29, 0.717) is 22.3 Å². The number of ether oxygens (including phenoxy) is 1. The molecule has 4 rings (SSSR count). The lowest BCUT2D eigenvalue weighted by Gasteiger charge is -2.28. The van der Waals surface area contributed by atoms with Gasteiger partial charge in [-0.3, -0.25) is 0 Å². The van der Waals surface area contributed by atoms with Crippen molar-refractivity contribution in [1.29, 1.82) is 0 Å². The van der Waals surface area contributed by atoms with E-state index in [1.165, 1.54) is 28.7 Å². The van der Waals surface area contributed by atoms with E-state index in [-0.39, 0.29) is 18.4 Å². The molecule has 1 aliphatic heterocycles. The van der Waals surface area contributed by atoms with Gasteiger partial charge >= 0.3 is 12.0 Å². The molecule has 0 saturated heterocycles. The Hall–Kier alpha value is -3.18. The Bertz CT molecular complexity index is 1160. The molecule has 172 valence electrons. The average Bonchev–Trinajstić information content (AvgIpc) is 3.49. The molecule has 1 aliphatic rings. The van der Waals surface area contributed by atoms with Gasteiger partial charge in [-0.2, -0.15) is 4.68 Å². The fourth-order valence-electron chi connectivity index (χ4n) is 3.42. The quantitative estimate of drug-likeness (QED) is 0.369. The van der Waals surface area contributed by atoms with Crippen LogP contribution >= 0.6 is 23.1 Å². The first-order chi connectivity index (χ1) is 16.0. The smallest absolute Gasteiger partial charge is 0.338 e. The summed E-state index contributed by atoms with van der Waals surface area (Å²) in [7, 11) is 0. The van der Waals surface area contributed by atoms with Crippen LogP contribution in [0.15, 0.2) is 58.2 Å². The van der Waals surface area contributed by atoms with Crippen molar-refractivity contribution in [2.45, 2.75) is 37.9 Å². The summed E-state index contributed by atoms with van der Waals surface area (Å²) in [6.07, 6.45) is 0. The molecule has 0 bridgehead atoms. The Kier molecular flexibility index (Phi) is 7.09. The first kappa shape index (κ1) is 23.0. The number of rotatable bonds is 8. The summed E-state index contributed by atoms with van der Waals surface area (Å²) in [6.45, 7) is 6.26. The lowest BCUT2D eigenvalue weighted by atomic mass is 10.0. The molecule has 3 aromatic rings. The van der Waals surface area contributed by atoms with Crippen LogP contribution in [-0.4, -0.2) is 44.6 Å². The summed E-state index contributed by atoms with van der Waals surface area (Å²) < 4.78 is 6.94. The average molecular weight is 485 g/mol. The fraction of sp³-hybridized carbons (Fsp3) is 0.318. The highest BCUT2D eigenvalue weighted by molar-refractivity contribution is 7.99. The number of thioether (sulfide) groups is 1. The monoisotopic (exact) mass is 484 g/mol. The first-order valence-electron chi connectivity index (χ1n) is 10.5. The zero-order chi connectivity index (χ0) is 23.4. The van der Waals surface area contributed by atoms with E-state index < -0.39 is 12.0 Å². The third-order valence-corrected chi connectivity index (χ3v) is 6.95. The Morgan fingerprint density at radius 2 is 2.06 bits per heavy atom. The van der Waals surface area contributed by atoms with Gasteiger partial charge < -0.3 is 15.4 Å². The van der Waals surface area contributed by atoms with E-state index in [0.717, 1.165) is 10.6 Å². The van der Waals surface area contributed by atoms with Crippen LogP contribution in [0.4, 0.5) is 4.79 Å². The van der Waals surface area contributed by atoms with Crippen molar-refractivity contribution in [2.24, 2.45) is 0 Å². The highest BCUT2D eigenvalue weighted by Crippen LogP contribution is 2.32. The van der Waals surface area contributed by atoms with Crippen molar-refractivity contribution >= 4 is 35.1 Å². The lowest BCUT2D eigenvalue weighted by Crippen LogP contribution is -2.46. The largest absolute Gasteiger partial charge is 0.463 e. The Labute approximate surface area is 199 Å². The minimum absolute atomic E-state index is 0.235. The van der Waals surface area contributed by atoms with Crippen molar-refractivity contribution in [3.05, 3.63) is 63.5 Å². The van der Waals surface area contributed by atoms with Crippen LogP contribution in [0.1, 0.15) is 43.2 Å². The van der Waals surface area contributed by atoms with Gasteiger partial charge in [0.05, 0.1) is 23.9 Å². The summed E-state index contributed by atoms with van der Waals surface area (Å²) in [4.78, 5) is 26.1. The molecular weight excluding hydrogens is 460 g/mol. The highest BCUT2D eigenvalue weighted by Gasteiger charge is 2.34. The van der Waals surface area contributed by atoms with Crippen molar-refractivity contribution in [2.75, 3.05) is 12.4 Å². The summed E-state index contributed by atoms with van der Waals surface area (Å²) in [5.41, 5.74) is 2.91. The first-order valence-corrected chi connectivity index (χ1v) is 12.4. The number of nitrogens with one attached hydrogen (secondary N) is 2. The topological polar surface area (TPSA) is 111 Å². The van der Waals surface area contributed by atoms with Gasteiger partial charge in [-0.1, -0.05) is 43.8 Å². The van der Waals surface area contributed by atoms with Crippen molar-refractivity contribution < 1.29 is 14.3 Å². The molecule has 0 aliphatic carbocycles. The highest BCUT2D eigenvalue weighted by atomic mass is 32.2. The molecule has 11 heteroatoms. The second kappa shape index (κ2) is 10.2. The number of amides is 2. The molecular formula is C22H24N6O3S2. The van der Waals surface area contributed by atoms with Crippen LogP contribution in [0.2, 0.25) is 0 Å². The van der Waals surface area contributed by atoms with Gasteiger partial charge in [-0.05, 0) is 52.4 Å². The van der Waals surface area contributed by atoms with E-state index in [1.54, 1.807) is 11.6 Å². The summed E-state index contributed by atoms with van der Waals surface area (Å²) >= 11 is 2.79. The number of aromatic nitrogens is 4. The van der Waals surface area contributed by atoms with E-state index in [2.05, 4.69) is 52.1 Å². The number of hydrogen-bond donors (Lipinski definition) is 2. The minimum atomic E-state index is -0.576. The van der Waals surface area contributed by atoms with Gasteiger partial charge in [0.1, 0.15) is 0 Å². The normalized spacial score (nSPS) is 16.0. The van der Waals surface area contributed by atoms with E-state index in [1.807, 2.05) is 29.6 Å². The van der Waals surface area contributed by atoms with Gasteiger partial charge in [0, 0.05) is 16.3 Å². The van der Waals surface area contributed by atoms with Crippen LogP contribution in [0.3, 0.4) is 0 Å². The molecule has 2 N–H and O–H groups in total. The second-order valence-corrected chi connectivity index (χ2v) is 9.49. The van der Waals surface area contributed by atoms with Crippen LogP contribution in [0, 0.1) is 0 Å². The minimum Gasteiger partial charge on any atom is -0.463 e. The molecule has 9 nitrogen and oxygen atoms in total. The third kappa shape index (κ3) is 5.09. The third-order valence-electron chi connectivity index (χ3n) is 5.07. The maximum Gasteiger partial charge on any atom is 0.338 e. The van der Waals surface area contributed by atoms with Gasteiger partial charge in [0.2, 0.25) is 5.16 Å². The predicted molar refractivity (Wildman–Crippen MR) is 126 cm³/mol. The maximum atomic E-state index is 12.8. The number of hydrogen-bond acceptors (Lipinski definition) is 8. The zero-order valence-electron chi connectivity index (χ0n) is 18.4. The number of esters is 1. The van der Waals surface area contributed by atoms with Crippen LogP contribution in [0.5, 0.6) is 0 Å². The Morgan fingerprint density at radius 3 is 2.73 bits per heavy atom. The van der Waals surface area contributed by atoms with Crippen LogP contribution in [0.25, 0.3) is 5.69 Å². The molecule has 0 radical (unpaired) electrons. The molecule has 2 aromatic heterocycles. The van der Waals surface area contributed by atoms with Crippen LogP contribution in [-0.2, 0) is 9.53 Å². The van der Waals surface area contributed by atoms with Crippen molar-refractivity contribution in [3.8, 4) is 5.69 Å². The Morgan fingerprint density at radius 1 is 1.27 bits per heavy atom. The van der Waals surface area contributed by atoms with E-state index in [9.17, 15) is 9.59 Å². The fourth-order valence-corrected chi connectivity index (χ4v) is 5.06. The van der Waals surface area contributed by atoms with Gasteiger partial charge in [-0.15, -0.1) is 16.4 Å². The number of carbonyl (C=O) groups is 2. The number of nitrogens with zero attached hydrogens (tertiary/aromatic N) is 4. The standard InChI is InChI=1S/C22H24N6O3S2/c1-4-31-20(29)18-16(23-21(30)24-19(18)17-6-5-11-32-17)12-33-22-25-26-27-28(22)15-9-7-14(8-10-15)13(2)3/h5-11,13,19H,4,12H2,1-3H3,(H2,23,24,30). The molecule has 0 saturated carbocycles. The van der Waals surface area contributed by atoms with Crippen LogP contribution < -0.4 is 10.6 Å². The Balaban J connectivity index is 1.62. The van der Waals surface area contributed by atoms with Gasteiger partial charge in [-0.25, -0.2) is 9.59 Å². The number of carbonyl (C=O) groups excluding carboxylic acids is 2. The number of tetrazole rings is 1. The molecule has 1 unspecified atom stereocenters. The lowest BCUT2D eigenvalue weighted by molar-refractivity contribution is -0.139. The molecule has 2 amide bonds. The molecule has 0 spiro atoms. The van der Waals surface area contributed by atoms with E-state index in [4.69, 9.17) is 4.74 Å². The molecule has 1 atom stereocenters. The molecule has 1 aromatic carbocycles. The van der Waals surface area contributed by atoms with Crippen molar-refractivity contribution in [1.82, 2.24) is 30.8 Å². The number of benzene rings is 1.